The molecular formula is C21H33BrO3. The van der Waals surface area contributed by atoms with Gasteiger partial charge in [0.25, 0.3) is 0 Å². The minimum atomic E-state index is -0.103. The van der Waals surface area contributed by atoms with Gasteiger partial charge in [-0.25, -0.2) is 0 Å². The Labute approximate surface area is 161 Å². The molecule has 1 aliphatic carbocycles. The molecule has 1 aromatic rings. The molecule has 0 saturated heterocycles. The molecule has 2 unspecified atom stereocenters. The maximum absolute atomic E-state index is 8.12. The van der Waals surface area contributed by atoms with Crippen LogP contribution in [0.4, 0.5) is 0 Å². The van der Waals surface area contributed by atoms with Crippen LogP contribution in [-0.2, 0) is 9.59 Å². The van der Waals surface area contributed by atoms with Crippen LogP contribution in [0, 0.1) is 18.3 Å². The number of hydrogen-bond acceptors (Lipinski definition) is 3. The molecule has 2 atom stereocenters. The zero-order valence-corrected chi connectivity index (χ0v) is 18.3. The summed E-state index contributed by atoms with van der Waals surface area (Å²) in [7, 11) is 0. The van der Waals surface area contributed by atoms with Crippen molar-refractivity contribution in [2.24, 2.45) is 11.3 Å². The van der Waals surface area contributed by atoms with Crippen molar-refractivity contribution in [2.45, 2.75) is 78.2 Å². The number of ether oxygens (including phenoxy) is 1. The zero-order valence-electron chi connectivity index (χ0n) is 16.7. The fourth-order valence-corrected chi connectivity index (χ4v) is 3.46. The molecule has 0 aromatic heterocycles. The van der Waals surface area contributed by atoms with Gasteiger partial charge in [0, 0.05) is 4.83 Å². The van der Waals surface area contributed by atoms with Crippen molar-refractivity contribution >= 4 is 22.1 Å². The molecule has 0 spiro atoms. The van der Waals surface area contributed by atoms with E-state index in [1.54, 1.807) is 0 Å². The predicted octanol–water partition coefficient (Wildman–Crippen LogP) is 6.18. The highest BCUT2D eigenvalue weighted by Gasteiger charge is 2.31. The average Bonchev–Trinajstić information content (AvgIpc) is 2.85. The summed E-state index contributed by atoms with van der Waals surface area (Å²) in [4.78, 5) is 17.1. The van der Waals surface area contributed by atoms with Crippen molar-refractivity contribution in [3.63, 3.8) is 0 Å². The summed E-state index contributed by atoms with van der Waals surface area (Å²) in [6.07, 6.45) is 4.42. The molecule has 3 nitrogen and oxygen atoms in total. The lowest BCUT2D eigenvalue weighted by Gasteiger charge is -2.26. The minimum absolute atomic E-state index is 0.103. The van der Waals surface area contributed by atoms with Crippen molar-refractivity contribution in [3.8, 4) is 5.75 Å². The van der Waals surface area contributed by atoms with Crippen LogP contribution < -0.4 is 4.74 Å². The topological polar surface area (TPSA) is 43.4 Å². The summed E-state index contributed by atoms with van der Waals surface area (Å²) in [5.41, 5.74) is 1.66. The Morgan fingerprint density at radius 1 is 1.08 bits per heavy atom. The van der Waals surface area contributed by atoms with Gasteiger partial charge in [-0.15, -0.1) is 0 Å². The van der Waals surface area contributed by atoms with Crippen molar-refractivity contribution < 1.29 is 14.3 Å². The number of alkyl halides is 1. The maximum Gasteiger partial charge on any atom is 0.373 e. The van der Waals surface area contributed by atoms with Gasteiger partial charge in [-0.3, -0.25) is 0 Å². The van der Waals surface area contributed by atoms with E-state index < -0.39 is 0 Å². The maximum atomic E-state index is 8.12. The van der Waals surface area contributed by atoms with Crippen LogP contribution in [-0.4, -0.2) is 16.6 Å². The Kier molecular flexibility index (Phi) is 10.3. The van der Waals surface area contributed by atoms with Crippen LogP contribution in [0.2, 0.25) is 0 Å². The molecule has 1 aliphatic rings. The monoisotopic (exact) mass is 412 g/mol. The predicted molar refractivity (Wildman–Crippen MR) is 106 cm³/mol. The second-order valence-corrected chi connectivity index (χ2v) is 9.88. The van der Waals surface area contributed by atoms with Gasteiger partial charge in [-0.05, 0) is 76.0 Å². The molecule has 2 rings (SSSR count). The lowest BCUT2D eigenvalue weighted by atomic mass is 9.80. The summed E-state index contributed by atoms with van der Waals surface area (Å²) in [5, 5.41) is 0. The standard InChI is InChI=1S/C11H16O.C9H17Br.CO2/c1-9-6-5-7-10(8-9)12-11(2,3)4;1-9(2,3)7-4-5-8(10)6-7;2-1-3/h5-8H,1-4H3;7-8H,4-6H2,1-3H3;. The Hall–Kier alpha value is -1.12. The van der Waals surface area contributed by atoms with E-state index in [0.29, 0.717) is 5.41 Å². The van der Waals surface area contributed by atoms with Gasteiger partial charge in [-0.2, -0.15) is 9.59 Å². The first-order valence-corrected chi connectivity index (χ1v) is 9.69. The van der Waals surface area contributed by atoms with E-state index in [-0.39, 0.29) is 11.8 Å². The number of benzene rings is 1. The molecule has 0 heterocycles. The third-order valence-electron chi connectivity index (χ3n) is 4.01. The highest BCUT2D eigenvalue weighted by molar-refractivity contribution is 9.09. The van der Waals surface area contributed by atoms with E-state index in [1.165, 1.54) is 24.8 Å². The molecule has 0 amide bonds. The highest BCUT2D eigenvalue weighted by atomic mass is 79.9. The van der Waals surface area contributed by atoms with Gasteiger partial charge in [-0.1, -0.05) is 48.8 Å². The Morgan fingerprint density at radius 3 is 1.96 bits per heavy atom. The fraction of sp³-hybridized carbons (Fsp3) is 0.667. The molecule has 4 heteroatoms. The van der Waals surface area contributed by atoms with Crippen LogP contribution >= 0.6 is 15.9 Å². The SMILES string of the molecule is CC(C)(C)C1CCC(Br)C1.Cc1cccc(OC(C)(C)C)c1.O=C=O. The van der Waals surface area contributed by atoms with Gasteiger partial charge < -0.3 is 4.74 Å². The molecule has 25 heavy (non-hydrogen) atoms. The Morgan fingerprint density at radius 2 is 1.64 bits per heavy atom. The molecule has 1 saturated carbocycles. The van der Waals surface area contributed by atoms with E-state index >= 15 is 0 Å². The fourth-order valence-electron chi connectivity index (χ4n) is 2.75. The molecular weight excluding hydrogens is 380 g/mol. The summed E-state index contributed by atoms with van der Waals surface area (Å²) < 4.78 is 5.68. The molecule has 142 valence electrons. The Bertz CT molecular complexity index is 535. The van der Waals surface area contributed by atoms with Gasteiger partial charge in [0.1, 0.15) is 11.4 Å². The minimum Gasteiger partial charge on any atom is -0.488 e. The summed E-state index contributed by atoms with van der Waals surface area (Å²) >= 11 is 3.67. The molecule has 0 bridgehead atoms. The second-order valence-electron chi connectivity index (χ2n) is 8.59. The van der Waals surface area contributed by atoms with Gasteiger partial charge in [0.2, 0.25) is 0 Å². The third-order valence-corrected chi connectivity index (χ3v) is 4.84. The third kappa shape index (κ3) is 12.0. The van der Waals surface area contributed by atoms with E-state index in [4.69, 9.17) is 14.3 Å². The van der Waals surface area contributed by atoms with Gasteiger partial charge in [0.15, 0.2) is 0 Å². The van der Waals surface area contributed by atoms with Crippen LogP contribution in [0.25, 0.3) is 0 Å². The molecule has 0 aliphatic heterocycles. The quantitative estimate of drug-likeness (QED) is 0.516. The first-order valence-electron chi connectivity index (χ1n) is 8.78. The normalized spacial score (nSPS) is 19.7. The number of aryl methyl sites for hydroxylation is 1. The number of rotatable bonds is 1. The van der Waals surface area contributed by atoms with E-state index in [2.05, 4.69) is 70.5 Å². The van der Waals surface area contributed by atoms with Crippen LogP contribution in [0.3, 0.4) is 0 Å². The van der Waals surface area contributed by atoms with Crippen LogP contribution in [0.15, 0.2) is 24.3 Å². The molecule has 0 radical (unpaired) electrons. The zero-order chi connectivity index (χ0) is 19.7. The van der Waals surface area contributed by atoms with Crippen molar-refractivity contribution in [1.29, 1.82) is 0 Å². The number of carbonyl (C=O) groups excluding carboxylic acids is 2. The van der Waals surface area contributed by atoms with Crippen molar-refractivity contribution in [3.05, 3.63) is 29.8 Å². The largest absolute Gasteiger partial charge is 0.488 e. The lowest BCUT2D eigenvalue weighted by molar-refractivity contribution is -0.191. The van der Waals surface area contributed by atoms with Gasteiger partial charge >= 0.3 is 6.15 Å². The van der Waals surface area contributed by atoms with E-state index in [9.17, 15) is 0 Å². The van der Waals surface area contributed by atoms with Crippen LogP contribution in [0.5, 0.6) is 5.75 Å². The molecule has 0 N–H and O–H groups in total. The molecule has 1 aromatic carbocycles. The van der Waals surface area contributed by atoms with Crippen LogP contribution in [0.1, 0.15) is 66.4 Å². The summed E-state index contributed by atoms with van der Waals surface area (Å²) in [5.74, 6) is 1.89. The average molecular weight is 413 g/mol. The van der Waals surface area contributed by atoms with Gasteiger partial charge in [0.05, 0.1) is 0 Å². The first kappa shape index (κ1) is 23.9. The van der Waals surface area contributed by atoms with E-state index in [1.807, 2.05) is 18.2 Å². The van der Waals surface area contributed by atoms with E-state index in [0.717, 1.165) is 16.5 Å². The Balaban J connectivity index is 0.000000403. The smallest absolute Gasteiger partial charge is 0.373 e. The van der Waals surface area contributed by atoms with Crippen molar-refractivity contribution in [1.82, 2.24) is 0 Å². The highest BCUT2D eigenvalue weighted by Crippen LogP contribution is 2.41. The first-order chi connectivity index (χ1) is 11.4. The summed E-state index contributed by atoms with van der Waals surface area (Å²) in [6, 6.07) is 8.11. The lowest BCUT2D eigenvalue weighted by Crippen LogP contribution is -2.22. The molecule has 1 fully saturated rings. The number of halogens is 1. The summed E-state index contributed by atoms with van der Waals surface area (Å²) in [6.45, 7) is 15.3. The number of hydrogen-bond donors (Lipinski definition) is 0. The second kappa shape index (κ2) is 10.8. The van der Waals surface area contributed by atoms with Crippen molar-refractivity contribution in [2.75, 3.05) is 0 Å².